The number of carboxylic acid groups (broad SMARTS) is 1. The van der Waals surface area contributed by atoms with Crippen molar-refractivity contribution in [2.24, 2.45) is 5.92 Å². The first-order valence-electron chi connectivity index (χ1n) is 5.95. The molecule has 1 heterocycles. The summed E-state index contributed by atoms with van der Waals surface area (Å²) < 4.78 is 0. The molecule has 0 fully saturated rings. The predicted molar refractivity (Wildman–Crippen MR) is 72.2 cm³/mol. The molecule has 1 aromatic rings. The van der Waals surface area contributed by atoms with Gasteiger partial charge in [-0.25, -0.2) is 4.79 Å². The van der Waals surface area contributed by atoms with Crippen molar-refractivity contribution in [3.05, 3.63) is 21.9 Å². The third-order valence-corrected chi connectivity index (χ3v) is 3.46. The number of rotatable bonds is 6. The van der Waals surface area contributed by atoms with E-state index in [-0.39, 0.29) is 17.2 Å². The van der Waals surface area contributed by atoms with Crippen LogP contribution in [0.2, 0.25) is 0 Å². The summed E-state index contributed by atoms with van der Waals surface area (Å²) in [6.07, 6.45) is 0.273. The number of carbonyl (C=O) groups is 2. The number of hydrogen-bond donors (Lipinski definition) is 1. The molecule has 0 radical (unpaired) electrons. The fourth-order valence-electron chi connectivity index (χ4n) is 1.63. The number of nitrogens with zero attached hydrogens (tertiary/aromatic N) is 2. The highest BCUT2D eigenvalue weighted by Gasteiger charge is 2.19. The third-order valence-electron chi connectivity index (χ3n) is 2.39. The van der Waals surface area contributed by atoms with Crippen molar-refractivity contribution in [2.75, 3.05) is 13.1 Å². The number of amides is 1. The Labute approximate surface area is 116 Å². The molecule has 19 heavy (non-hydrogen) atoms. The lowest BCUT2D eigenvalue weighted by Crippen LogP contribution is -2.34. The van der Waals surface area contributed by atoms with Crippen molar-refractivity contribution in [1.29, 1.82) is 5.26 Å². The van der Waals surface area contributed by atoms with Crippen molar-refractivity contribution in [3.63, 3.8) is 0 Å². The quantitative estimate of drug-likeness (QED) is 0.867. The molecule has 0 bridgehead atoms. The predicted octanol–water partition coefficient (Wildman–Crippen LogP) is 2.46. The molecular formula is C13H16N2O3S. The Morgan fingerprint density at radius 2 is 2.05 bits per heavy atom. The molecular weight excluding hydrogens is 264 g/mol. The van der Waals surface area contributed by atoms with Crippen LogP contribution in [-0.4, -0.2) is 35.0 Å². The summed E-state index contributed by atoms with van der Waals surface area (Å²) in [5.41, 5.74) is 0. The second kappa shape index (κ2) is 6.90. The van der Waals surface area contributed by atoms with Crippen molar-refractivity contribution < 1.29 is 14.7 Å². The van der Waals surface area contributed by atoms with Crippen LogP contribution < -0.4 is 0 Å². The van der Waals surface area contributed by atoms with Crippen molar-refractivity contribution in [3.8, 4) is 6.07 Å². The topological polar surface area (TPSA) is 81.4 Å². The monoisotopic (exact) mass is 280 g/mol. The minimum atomic E-state index is -1.03. The van der Waals surface area contributed by atoms with Crippen molar-refractivity contribution >= 4 is 23.2 Å². The molecule has 102 valence electrons. The summed E-state index contributed by atoms with van der Waals surface area (Å²) in [5, 5.41) is 17.5. The number of thiophene rings is 1. The fraction of sp³-hybridized carbons (Fsp3) is 0.462. The van der Waals surface area contributed by atoms with Crippen LogP contribution in [0.25, 0.3) is 0 Å². The van der Waals surface area contributed by atoms with E-state index in [1.54, 1.807) is 4.90 Å². The maximum absolute atomic E-state index is 12.3. The normalized spacial score (nSPS) is 10.2. The summed E-state index contributed by atoms with van der Waals surface area (Å²) in [6.45, 7) is 4.90. The Hall–Kier alpha value is -1.87. The fourth-order valence-corrected chi connectivity index (χ4v) is 2.44. The Morgan fingerprint density at radius 3 is 2.53 bits per heavy atom. The maximum atomic E-state index is 12.3. The van der Waals surface area contributed by atoms with Gasteiger partial charge in [0.25, 0.3) is 5.91 Å². The van der Waals surface area contributed by atoms with E-state index >= 15 is 0 Å². The molecule has 0 saturated carbocycles. The van der Waals surface area contributed by atoms with E-state index in [1.165, 1.54) is 12.1 Å². The van der Waals surface area contributed by atoms with E-state index in [4.69, 9.17) is 10.4 Å². The first kappa shape index (κ1) is 15.2. The van der Waals surface area contributed by atoms with E-state index in [9.17, 15) is 9.59 Å². The van der Waals surface area contributed by atoms with Crippen LogP contribution >= 0.6 is 11.3 Å². The van der Waals surface area contributed by atoms with Crippen molar-refractivity contribution in [2.45, 2.75) is 20.3 Å². The molecule has 6 heteroatoms. The van der Waals surface area contributed by atoms with Crippen LogP contribution in [0.5, 0.6) is 0 Å². The largest absolute Gasteiger partial charge is 0.477 e. The van der Waals surface area contributed by atoms with Gasteiger partial charge < -0.3 is 10.0 Å². The summed E-state index contributed by atoms with van der Waals surface area (Å²) in [4.78, 5) is 25.2. The van der Waals surface area contributed by atoms with Gasteiger partial charge in [0.1, 0.15) is 4.88 Å². The van der Waals surface area contributed by atoms with Crippen LogP contribution in [0.15, 0.2) is 12.1 Å². The Bertz CT molecular complexity index is 502. The maximum Gasteiger partial charge on any atom is 0.345 e. The van der Waals surface area contributed by atoms with Gasteiger partial charge >= 0.3 is 5.97 Å². The van der Waals surface area contributed by atoms with Gasteiger partial charge in [-0.2, -0.15) is 5.26 Å². The molecule has 5 nitrogen and oxygen atoms in total. The Balaban J connectivity index is 2.85. The molecule has 0 atom stereocenters. The minimum absolute atomic E-state index is 0.146. The minimum Gasteiger partial charge on any atom is -0.477 e. The second-order valence-corrected chi connectivity index (χ2v) is 5.61. The Kier molecular flexibility index (Phi) is 5.52. The van der Waals surface area contributed by atoms with Crippen LogP contribution in [0.1, 0.15) is 39.6 Å². The van der Waals surface area contributed by atoms with Gasteiger partial charge in [0, 0.05) is 13.1 Å². The third kappa shape index (κ3) is 4.38. The lowest BCUT2D eigenvalue weighted by molar-refractivity contribution is 0.0701. The first-order valence-corrected chi connectivity index (χ1v) is 6.76. The van der Waals surface area contributed by atoms with E-state index < -0.39 is 5.97 Å². The van der Waals surface area contributed by atoms with Gasteiger partial charge in [-0.1, -0.05) is 13.8 Å². The molecule has 1 N–H and O–H groups in total. The summed E-state index contributed by atoms with van der Waals surface area (Å²) in [6, 6.07) is 4.97. The lowest BCUT2D eigenvalue weighted by atomic mass is 10.2. The van der Waals surface area contributed by atoms with Gasteiger partial charge in [-0.15, -0.1) is 11.3 Å². The van der Waals surface area contributed by atoms with E-state index in [2.05, 4.69) is 0 Å². The van der Waals surface area contributed by atoms with Gasteiger partial charge in [-0.05, 0) is 18.1 Å². The van der Waals surface area contributed by atoms with Crippen LogP contribution in [0, 0.1) is 17.2 Å². The number of carboxylic acids is 1. The van der Waals surface area contributed by atoms with Crippen LogP contribution in [0.3, 0.4) is 0 Å². The van der Waals surface area contributed by atoms with E-state index in [0.29, 0.717) is 23.9 Å². The Morgan fingerprint density at radius 1 is 1.42 bits per heavy atom. The first-order chi connectivity index (χ1) is 8.95. The number of aromatic carboxylic acids is 1. The average Bonchev–Trinajstić information content (AvgIpc) is 2.82. The standard InChI is InChI=1S/C13H16N2O3S/c1-9(2)8-15(7-3-6-14)12(16)10-4-5-11(19-10)13(17)18/h4-5,9H,3,7-8H2,1-2H3,(H,17,18). The molecule has 0 unspecified atom stereocenters. The summed E-state index contributed by atoms with van der Waals surface area (Å²) in [7, 11) is 0. The lowest BCUT2D eigenvalue weighted by Gasteiger charge is -2.22. The molecule has 0 spiro atoms. The summed E-state index contributed by atoms with van der Waals surface area (Å²) >= 11 is 0.964. The molecule has 0 aliphatic rings. The molecule has 0 aliphatic heterocycles. The van der Waals surface area contributed by atoms with Crippen molar-refractivity contribution in [1.82, 2.24) is 4.90 Å². The number of nitriles is 1. The highest BCUT2D eigenvalue weighted by atomic mass is 32.1. The highest BCUT2D eigenvalue weighted by molar-refractivity contribution is 7.15. The summed E-state index contributed by atoms with van der Waals surface area (Å²) in [5.74, 6) is -0.945. The zero-order valence-electron chi connectivity index (χ0n) is 10.9. The van der Waals surface area contributed by atoms with Gasteiger partial charge in [0.05, 0.1) is 17.4 Å². The second-order valence-electron chi connectivity index (χ2n) is 4.52. The SMILES string of the molecule is CC(C)CN(CCC#N)C(=O)c1ccc(C(=O)O)s1. The van der Waals surface area contributed by atoms with Gasteiger partial charge in [-0.3, -0.25) is 4.79 Å². The van der Waals surface area contributed by atoms with Gasteiger partial charge in [0.2, 0.25) is 0 Å². The zero-order valence-corrected chi connectivity index (χ0v) is 11.7. The smallest absolute Gasteiger partial charge is 0.345 e. The molecule has 0 aromatic carbocycles. The number of carbonyl (C=O) groups excluding carboxylic acids is 1. The van der Waals surface area contributed by atoms with Gasteiger partial charge in [0.15, 0.2) is 0 Å². The molecule has 1 amide bonds. The molecule has 1 rings (SSSR count). The van der Waals surface area contributed by atoms with Crippen LogP contribution in [-0.2, 0) is 0 Å². The average molecular weight is 280 g/mol. The van der Waals surface area contributed by atoms with E-state index in [1.807, 2.05) is 19.9 Å². The molecule has 0 aliphatic carbocycles. The zero-order chi connectivity index (χ0) is 14.4. The van der Waals surface area contributed by atoms with Crippen LogP contribution in [0.4, 0.5) is 0 Å². The highest BCUT2D eigenvalue weighted by Crippen LogP contribution is 2.19. The number of hydrogen-bond acceptors (Lipinski definition) is 4. The molecule has 1 aromatic heterocycles. The molecule has 0 saturated heterocycles. The van der Waals surface area contributed by atoms with E-state index in [0.717, 1.165) is 11.3 Å².